The fourth-order valence-electron chi connectivity index (χ4n) is 3.72. The van der Waals surface area contributed by atoms with Gasteiger partial charge in [-0.1, -0.05) is 32.9 Å². The van der Waals surface area contributed by atoms with E-state index < -0.39 is 21.6 Å². The topological polar surface area (TPSA) is 87.2 Å². The van der Waals surface area contributed by atoms with Gasteiger partial charge in [-0.3, -0.25) is 0 Å². The van der Waals surface area contributed by atoms with Crippen molar-refractivity contribution in [2.24, 2.45) is 0 Å². The highest BCUT2D eigenvalue weighted by molar-refractivity contribution is 7.89. The largest absolute Gasteiger partial charge is 0.478 e. The Morgan fingerprint density at radius 2 is 1.52 bits per heavy atom. The number of hydrogen-bond donors (Lipinski definition) is 1. The van der Waals surface area contributed by atoms with E-state index in [1.54, 1.807) is 13.0 Å². The van der Waals surface area contributed by atoms with E-state index in [0.717, 1.165) is 5.69 Å². The van der Waals surface area contributed by atoms with Gasteiger partial charge in [-0.05, 0) is 67.6 Å². The molecule has 7 nitrogen and oxygen atoms in total. The van der Waals surface area contributed by atoms with E-state index in [2.05, 4.69) is 49.9 Å². The van der Waals surface area contributed by atoms with Crippen LogP contribution in [0.25, 0.3) is 0 Å². The van der Waals surface area contributed by atoms with Crippen LogP contribution in [0.2, 0.25) is 0 Å². The highest BCUT2D eigenvalue weighted by Crippen LogP contribution is 2.29. The fraction of sp³-hybridized carbons (Fsp3) is 0.480. The molecule has 180 valence electrons. The van der Waals surface area contributed by atoms with Gasteiger partial charge in [0.1, 0.15) is 5.75 Å². The summed E-state index contributed by atoms with van der Waals surface area (Å²) in [5.41, 5.74) is 1.61. The summed E-state index contributed by atoms with van der Waals surface area (Å²) < 4.78 is 33.5. The minimum atomic E-state index is -3.66. The summed E-state index contributed by atoms with van der Waals surface area (Å²) in [7, 11) is -3.66. The minimum absolute atomic E-state index is 0.0907. The summed E-state index contributed by atoms with van der Waals surface area (Å²) in [5.74, 6) is -0.741. The lowest BCUT2D eigenvalue weighted by Crippen LogP contribution is -2.48. The first-order chi connectivity index (χ1) is 15.2. The summed E-state index contributed by atoms with van der Waals surface area (Å²) in [6.45, 7) is 13.2. The number of carboxylic acid groups (broad SMARTS) is 1. The molecule has 2 aromatic rings. The number of hydrogen-bond acceptors (Lipinski definition) is 5. The monoisotopic (exact) mass is 474 g/mol. The Morgan fingerprint density at radius 3 is 2.00 bits per heavy atom. The molecule has 1 heterocycles. The second kappa shape index (κ2) is 8.99. The average molecular weight is 475 g/mol. The number of ether oxygens (including phenoxy) is 1. The first-order valence-electron chi connectivity index (χ1n) is 11.1. The zero-order valence-electron chi connectivity index (χ0n) is 20.3. The number of carbonyl (C=O) groups is 1. The van der Waals surface area contributed by atoms with Crippen molar-refractivity contribution in [2.75, 3.05) is 31.1 Å². The lowest BCUT2D eigenvalue weighted by atomic mass is 9.87. The number of carboxylic acids is 1. The molecule has 0 unspecified atom stereocenters. The van der Waals surface area contributed by atoms with Gasteiger partial charge in [0.15, 0.2) is 5.60 Å². The lowest BCUT2D eigenvalue weighted by molar-refractivity contribution is -0.152. The van der Waals surface area contributed by atoms with Crippen molar-refractivity contribution in [3.63, 3.8) is 0 Å². The van der Waals surface area contributed by atoms with E-state index in [-0.39, 0.29) is 10.3 Å². The first kappa shape index (κ1) is 25.1. The van der Waals surface area contributed by atoms with Crippen LogP contribution in [0.1, 0.15) is 45.7 Å². The molecule has 2 aromatic carbocycles. The molecular formula is C25H34N2O5S. The molecule has 0 amide bonds. The van der Waals surface area contributed by atoms with Gasteiger partial charge in [0.2, 0.25) is 10.0 Å². The van der Waals surface area contributed by atoms with E-state index in [0.29, 0.717) is 37.5 Å². The fourth-order valence-corrected chi connectivity index (χ4v) is 5.23. The van der Waals surface area contributed by atoms with Crippen molar-refractivity contribution >= 4 is 21.7 Å². The maximum Gasteiger partial charge on any atom is 0.347 e. The Labute approximate surface area is 197 Å². The van der Waals surface area contributed by atoms with Gasteiger partial charge in [-0.2, -0.15) is 4.31 Å². The minimum Gasteiger partial charge on any atom is -0.478 e. The molecule has 0 bridgehead atoms. The van der Waals surface area contributed by atoms with Gasteiger partial charge in [-0.25, -0.2) is 13.2 Å². The van der Waals surface area contributed by atoms with E-state index in [4.69, 9.17) is 4.74 Å². The quantitative estimate of drug-likeness (QED) is 0.680. The van der Waals surface area contributed by atoms with Crippen molar-refractivity contribution in [3.05, 3.63) is 53.6 Å². The van der Waals surface area contributed by atoms with Gasteiger partial charge in [0.05, 0.1) is 4.90 Å². The van der Waals surface area contributed by atoms with Crippen molar-refractivity contribution in [1.82, 2.24) is 4.31 Å². The number of sulfonamides is 1. The van der Waals surface area contributed by atoms with Crippen LogP contribution in [0, 0.1) is 6.92 Å². The predicted octanol–water partition coefficient (Wildman–Crippen LogP) is 4.05. The zero-order valence-corrected chi connectivity index (χ0v) is 21.1. The molecule has 1 aliphatic heterocycles. The number of benzene rings is 2. The standard InChI is InChI=1S/C25H34N2O5S/c1-18-17-21(11-12-22(18)32-25(5,6)23(28)29)33(30,31)27-15-13-26(14-16-27)20-9-7-19(8-10-20)24(2,3)4/h7-12,17H,13-16H2,1-6H3,(H,28,29). The molecule has 1 fully saturated rings. The van der Waals surface area contributed by atoms with Crippen LogP contribution in [-0.4, -0.2) is 55.6 Å². The van der Waals surface area contributed by atoms with Crippen LogP contribution in [0.4, 0.5) is 5.69 Å². The Morgan fingerprint density at radius 1 is 0.939 bits per heavy atom. The number of anilines is 1. The maximum absolute atomic E-state index is 13.2. The number of aliphatic carboxylic acids is 1. The van der Waals surface area contributed by atoms with Crippen LogP contribution in [-0.2, 0) is 20.2 Å². The Bertz CT molecular complexity index is 1110. The third-order valence-electron chi connectivity index (χ3n) is 6.00. The van der Waals surface area contributed by atoms with Crippen molar-refractivity contribution in [1.29, 1.82) is 0 Å². The summed E-state index contributed by atoms with van der Waals surface area (Å²) in [5, 5.41) is 9.27. The van der Waals surface area contributed by atoms with Gasteiger partial charge in [-0.15, -0.1) is 0 Å². The summed E-state index contributed by atoms with van der Waals surface area (Å²) in [6, 6.07) is 13.0. The second-order valence-corrected chi connectivity index (χ2v) is 12.0. The van der Waals surface area contributed by atoms with Crippen molar-refractivity contribution < 1.29 is 23.1 Å². The summed E-state index contributed by atoms with van der Waals surface area (Å²) >= 11 is 0. The van der Waals surface area contributed by atoms with Gasteiger partial charge in [0.25, 0.3) is 0 Å². The molecule has 0 radical (unpaired) electrons. The number of nitrogens with zero attached hydrogens (tertiary/aromatic N) is 2. The highest BCUT2D eigenvalue weighted by Gasteiger charge is 2.32. The molecule has 1 aliphatic rings. The molecule has 3 rings (SSSR count). The molecule has 8 heteroatoms. The number of rotatable bonds is 6. The lowest BCUT2D eigenvalue weighted by Gasteiger charge is -2.35. The van der Waals surface area contributed by atoms with Crippen LogP contribution < -0.4 is 9.64 Å². The average Bonchev–Trinajstić information content (AvgIpc) is 2.74. The Balaban J connectivity index is 1.70. The molecular weight excluding hydrogens is 440 g/mol. The molecule has 0 saturated carbocycles. The van der Waals surface area contributed by atoms with E-state index >= 15 is 0 Å². The molecule has 1 N–H and O–H groups in total. The van der Waals surface area contributed by atoms with Gasteiger partial charge < -0.3 is 14.7 Å². The second-order valence-electron chi connectivity index (χ2n) is 10.0. The maximum atomic E-state index is 13.2. The van der Waals surface area contributed by atoms with Crippen LogP contribution >= 0.6 is 0 Å². The van der Waals surface area contributed by atoms with Crippen molar-refractivity contribution in [2.45, 2.75) is 57.5 Å². The summed E-state index contributed by atoms with van der Waals surface area (Å²) in [6.07, 6.45) is 0. The smallest absolute Gasteiger partial charge is 0.347 e. The van der Waals surface area contributed by atoms with Crippen LogP contribution in [0.15, 0.2) is 47.4 Å². The molecule has 33 heavy (non-hydrogen) atoms. The van der Waals surface area contributed by atoms with Gasteiger partial charge >= 0.3 is 5.97 Å². The van der Waals surface area contributed by atoms with E-state index in [1.165, 1.54) is 35.8 Å². The van der Waals surface area contributed by atoms with Crippen LogP contribution in [0.5, 0.6) is 5.75 Å². The third-order valence-corrected chi connectivity index (χ3v) is 7.90. The first-order valence-corrected chi connectivity index (χ1v) is 12.5. The molecule has 0 aromatic heterocycles. The van der Waals surface area contributed by atoms with Crippen molar-refractivity contribution in [3.8, 4) is 5.75 Å². The van der Waals surface area contributed by atoms with Crippen LogP contribution in [0.3, 0.4) is 0 Å². The molecule has 0 spiro atoms. The molecule has 1 saturated heterocycles. The Kier molecular flexibility index (Phi) is 6.82. The SMILES string of the molecule is Cc1cc(S(=O)(=O)N2CCN(c3ccc(C(C)(C)C)cc3)CC2)ccc1OC(C)(C)C(=O)O. The molecule has 0 aliphatic carbocycles. The number of aryl methyl sites for hydroxylation is 1. The highest BCUT2D eigenvalue weighted by atomic mass is 32.2. The van der Waals surface area contributed by atoms with E-state index in [1.807, 2.05) is 0 Å². The van der Waals surface area contributed by atoms with Gasteiger partial charge in [0, 0.05) is 31.9 Å². The third kappa shape index (κ3) is 5.50. The Hall–Kier alpha value is -2.58. The number of piperazine rings is 1. The normalized spacial score (nSPS) is 16.0. The predicted molar refractivity (Wildman–Crippen MR) is 130 cm³/mol. The zero-order chi connectivity index (χ0) is 24.6. The summed E-state index contributed by atoms with van der Waals surface area (Å²) in [4.78, 5) is 13.7. The van der Waals surface area contributed by atoms with E-state index in [9.17, 15) is 18.3 Å². The molecule has 0 atom stereocenters.